The van der Waals surface area contributed by atoms with Gasteiger partial charge in [-0.2, -0.15) is 0 Å². The lowest BCUT2D eigenvalue weighted by Gasteiger charge is -2.04. The van der Waals surface area contributed by atoms with Gasteiger partial charge in [-0.25, -0.2) is 0 Å². The standard InChI is InChI=1S/C11H8N2O5S/c1-18-8-3-2-7(13(16)17)4-6(8)5-9-10(14)12-11(15)19-9/h2-5H,1H3,(H,12,14,15)/b9-5-. The van der Waals surface area contributed by atoms with E-state index in [0.717, 1.165) is 11.8 Å². The van der Waals surface area contributed by atoms with Gasteiger partial charge in [0, 0.05) is 17.7 Å². The number of ether oxygens (including phenoxy) is 1. The minimum Gasteiger partial charge on any atom is -0.496 e. The van der Waals surface area contributed by atoms with Crippen LogP contribution in [0.15, 0.2) is 23.1 Å². The zero-order valence-corrected chi connectivity index (χ0v) is 10.5. The molecule has 2 rings (SSSR count). The summed E-state index contributed by atoms with van der Waals surface area (Å²) < 4.78 is 5.06. The smallest absolute Gasteiger partial charge is 0.290 e. The van der Waals surface area contributed by atoms with Gasteiger partial charge in [0.25, 0.3) is 16.8 Å². The lowest BCUT2D eigenvalue weighted by atomic mass is 10.1. The molecule has 1 heterocycles. The number of hydrogen-bond donors (Lipinski definition) is 1. The zero-order chi connectivity index (χ0) is 14.0. The average molecular weight is 280 g/mol. The molecular weight excluding hydrogens is 272 g/mol. The summed E-state index contributed by atoms with van der Waals surface area (Å²) in [4.78, 5) is 32.8. The first kappa shape index (κ1) is 13.1. The van der Waals surface area contributed by atoms with Crippen LogP contribution in [0.5, 0.6) is 5.75 Å². The highest BCUT2D eigenvalue weighted by Gasteiger charge is 2.25. The minimum absolute atomic E-state index is 0.123. The Morgan fingerprint density at radius 1 is 1.42 bits per heavy atom. The number of nitro benzene ring substituents is 1. The Balaban J connectivity index is 2.45. The van der Waals surface area contributed by atoms with Crippen LogP contribution in [0.25, 0.3) is 6.08 Å². The monoisotopic (exact) mass is 280 g/mol. The van der Waals surface area contributed by atoms with Gasteiger partial charge in [0.1, 0.15) is 5.75 Å². The lowest BCUT2D eigenvalue weighted by Crippen LogP contribution is -2.17. The van der Waals surface area contributed by atoms with Gasteiger partial charge in [0.05, 0.1) is 16.9 Å². The SMILES string of the molecule is COc1ccc([N+](=O)[O-])cc1/C=C1\SC(=O)NC1=O. The number of methoxy groups -OCH3 is 1. The normalized spacial score (nSPS) is 16.6. The maximum atomic E-state index is 11.4. The van der Waals surface area contributed by atoms with Gasteiger partial charge in [0.15, 0.2) is 0 Å². The molecule has 8 heteroatoms. The lowest BCUT2D eigenvalue weighted by molar-refractivity contribution is -0.384. The van der Waals surface area contributed by atoms with E-state index in [1.54, 1.807) is 0 Å². The fraction of sp³-hybridized carbons (Fsp3) is 0.0909. The van der Waals surface area contributed by atoms with Gasteiger partial charge in [-0.15, -0.1) is 0 Å². The molecule has 0 radical (unpaired) electrons. The van der Waals surface area contributed by atoms with Crippen LogP contribution in [0.3, 0.4) is 0 Å². The van der Waals surface area contributed by atoms with Crippen molar-refractivity contribution in [3.8, 4) is 5.75 Å². The molecule has 1 fully saturated rings. The van der Waals surface area contributed by atoms with Crippen LogP contribution >= 0.6 is 11.8 Å². The van der Waals surface area contributed by atoms with Crippen LogP contribution in [-0.2, 0) is 4.79 Å². The van der Waals surface area contributed by atoms with Crippen molar-refractivity contribution in [2.24, 2.45) is 0 Å². The molecule has 0 atom stereocenters. The fourth-order valence-electron chi connectivity index (χ4n) is 1.51. The van der Waals surface area contributed by atoms with Crippen molar-refractivity contribution in [3.63, 3.8) is 0 Å². The molecule has 2 amide bonds. The number of imide groups is 1. The first-order valence-corrected chi connectivity index (χ1v) is 5.90. The van der Waals surface area contributed by atoms with Crippen LogP contribution in [0.2, 0.25) is 0 Å². The third-order valence-electron chi connectivity index (χ3n) is 2.35. The second-order valence-corrected chi connectivity index (χ2v) is 4.55. The van der Waals surface area contributed by atoms with Crippen LogP contribution in [0.4, 0.5) is 10.5 Å². The summed E-state index contributed by atoms with van der Waals surface area (Å²) in [5.41, 5.74) is 0.242. The second-order valence-electron chi connectivity index (χ2n) is 3.54. The highest BCUT2D eigenvalue weighted by Crippen LogP contribution is 2.31. The summed E-state index contributed by atoms with van der Waals surface area (Å²) in [5, 5.41) is 12.3. The molecular formula is C11H8N2O5S. The molecule has 1 aromatic carbocycles. The van der Waals surface area contributed by atoms with Gasteiger partial charge in [-0.05, 0) is 23.9 Å². The Labute approximate surface area is 111 Å². The van der Waals surface area contributed by atoms with Crippen molar-refractivity contribution < 1.29 is 19.2 Å². The third-order valence-corrected chi connectivity index (χ3v) is 3.16. The number of thioether (sulfide) groups is 1. The Hall–Kier alpha value is -2.35. The van der Waals surface area contributed by atoms with Gasteiger partial charge >= 0.3 is 0 Å². The predicted octanol–water partition coefficient (Wildman–Crippen LogP) is 1.93. The molecule has 1 aliphatic rings. The molecule has 1 N–H and O–H groups in total. The third kappa shape index (κ3) is 2.74. The molecule has 0 saturated carbocycles. The number of nitrogens with one attached hydrogen (secondary N) is 1. The first-order chi connectivity index (χ1) is 9.01. The predicted molar refractivity (Wildman–Crippen MR) is 68.8 cm³/mol. The number of nitrogens with zero attached hydrogens (tertiary/aromatic N) is 1. The molecule has 0 unspecified atom stereocenters. The Morgan fingerprint density at radius 2 is 2.16 bits per heavy atom. The van der Waals surface area contributed by atoms with E-state index in [2.05, 4.69) is 5.32 Å². The largest absolute Gasteiger partial charge is 0.496 e. The van der Waals surface area contributed by atoms with Crippen molar-refractivity contribution in [2.45, 2.75) is 0 Å². The number of hydrogen-bond acceptors (Lipinski definition) is 6. The second kappa shape index (κ2) is 5.11. The Bertz CT molecular complexity index is 611. The van der Waals surface area contributed by atoms with Crippen LogP contribution in [0.1, 0.15) is 5.56 Å². The molecule has 0 bridgehead atoms. The van der Waals surface area contributed by atoms with E-state index < -0.39 is 16.1 Å². The summed E-state index contributed by atoms with van der Waals surface area (Å²) >= 11 is 0.738. The van der Waals surface area contributed by atoms with Crippen molar-refractivity contribution in [1.29, 1.82) is 0 Å². The first-order valence-electron chi connectivity index (χ1n) is 5.08. The average Bonchev–Trinajstić information content (AvgIpc) is 2.67. The summed E-state index contributed by atoms with van der Waals surface area (Å²) in [6.07, 6.45) is 1.39. The van der Waals surface area contributed by atoms with Gasteiger partial charge < -0.3 is 4.74 Å². The summed E-state index contributed by atoms with van der Waals surface area (Å²) in [5.74, 6) is -0.144. The van der Waals surface area contributed by atoms with E-state index in [9.17, 15) is 19.7 Å². The van der Waals surface area contributed by atoms with Gasteiger partial charge in [-0.3, -0.25) is 25.0 Å². The number of carbonyl (C=O) groups excluding carboxylic acids is 2. The topological polar surface area (TPSA) is 98.5 Å². The summed E-state index contributed by atoms with van der Waals surface area (Å²) in [6, 6.07) is 4.01. The quantitative estimate of drug-likeness (QED) is 0.516. The van der Waals surface area contributed by atoms with Crippen molar-refractivity contribution in [1.82, 2.24) is 5.32 Å². The highest BCUT2D eigenvalue weighted by atomic mass is 32.2. The van der Waals surface area contributed by atoms with Gasteiger partial charge in [-0.1, -0.05) is 0 Å². The van der Waals surface area contributed by atoms with Gasteiger partial charge in [0.2, 0.25) is 0 Å². The number of non-ortho nitro benzene ring substituents is 1. The number of nitro groups is 1. The molecule has 0 spiro atoms. The molecule has 1 aliphatic heterocycles. The van der Waals surface area contributed by atoms with E-state index in [1.807, 2.05) is 0 Å². The molecule has 0 aliphatic carbocycles. The summed E-state index contributed by atoms with van der Waals surface area (Å²) in [7, 11) is 1.41. The maximum Gasteiger partial charge on any atom is 0.290 e. The van der Waals surface area contributed by atoms with E-state index in [0.29, 0.717) is 11.3 Å². The van der Waals surface area contributed by atoms with Crippen LogP contribution in [-0.4, -0.2) is 23.2 Å². The van der Waals surface area contributed by atoms with E-state index >= 15 is 0 Å². The Kier molecular flexibility index (Phi) is 3.52. The highest BCUT2D eigenvalue weighted by molar-refractivity contribution is 8.18. The molecule has 0 aromatic heterocycles. The van der Waals surface area contributed by atoms with E-state index in [4.69, 9.17) is 4.74 Å². The Morgan fingerprint density at radius 3 is 2.68 bits per heavy atom. The van der Waals surface area contributed by atoms with E-state index in [-0.39, 0.29) is 10.6 Å². The molecule has 7 nitrogen and oxygen atoms in total. The number of amides is 2. The zero-order valence-electron chi connectivity index (χ0n) is 9.71. The minimum atomic E-state index is -0.547. The van der Waals surface area contributed by atoms with Crippen LogP contribution < -0.4 is 10.1 Å². The molecule has 1 aromatic rings. The number of rotatable bonds is 3. The molecule has 98 valence electrons. The van der Waals surface area contributed by atoms with Crippen molar-refractivity contribution in [3.05, 3.63) is 38.8 Å². The van der Waals surface area contributed by atoms with Crippen molar-refractivity contribution in [2.75, 3.05) is 7.11 Å². The fourth-order valence-corrected chi connectivity index (χ4v) is 2.18. The summed E-state index contributed by atoms with van der Waals surface area (Å²) in [6.45, 7) is 0. The molecule has 19 heavy (non-hydrogen) atoms. The number of benzene rings is 1. The van der Waals surface area contributed by atoms with Crippen LogP contribution in [0, 0.1) is 10.1 Å². The number of carbonyl (C=O) groups is 2. The maximum absolute atomic E-state index is 11.4. The van der Waals surface area contributed by atoms with Crippen molar-refractivity contribution >= 4 is 34.7 Å². The molecule has 1 saturated heterocycles. The van der Waals surface area contributed by atoms with E-state index in [1.165, 1.54) is 31.4 Å².